The van der Waals surface area contributed by atoms with Crippen molar-refractivity contribution < 1.29 is 10.0 Å². The van der Waals surface area contributed by atoms with Gasteiger partial charge in [-0.25, -0.2) is 5.48 Å². The summed E-state index contributed by atoms with van der Waals surface area (Å²) in [6, 6.07) is 19.6. The SMILES string of the molecule is Cc1cccc(-c2cc(C(=O)NO)nn2Cc2ccccc2)c1. The highest BCUT2D eigenvalue weighted by atomic mass is 16.5. The first-order valence-electron chi connectivity index (χ1n) is 7.30. The van der Waals surface area contributed by atoms with Crippen LogP contribution in [0.2, 0.25) is 0 Å². The van der Waals surface area contributed by atoms with E-state index in [4.69, 9.17) is 5.21 Å². The van der Waals surface area contributed by atoms with Gasteiger partial charge in [0.25, 0.3) is 5.91 Å². The third kappa shape index (κ3) is 3.30. The van der Waals surface area contributed by atoms with Crippen LogP contribution in [-0.2, 0) is 6.54 Å². The van der Waals surface area contributed by atoms with Crippen LogP contribution in [0.1, 0.15) is 21.6 Å². The molecule has 0 unspecified atom stereocenters. The molecule has 1 heterocycles. The fourth-order valence-electron chi connectivity index (χ4n) is 2.50. The van der Waals surface area contributed by atoms with E-state index in [-0.39, 0.29) is 5.69 Å². The van der Waals surface area contributed by atoms with Crippen LogP contribution in [0.3, 0.4) is 0 Å². The summed E-state index contributed by atoms with van der Waals surface area (Å²) in [6.45, 7) is 2.56. The molecule has 5 nitrogen and oxygen atoms in total. The van der Waals surface area contributed by atoms with Gasteiger partial charge in [0.1, 0.15) is 0 Å². The van der Waals surface area contributed by atoms with Crippen molar-refractivity contribution >= 4 is 5.91 Å². The second-order valence-corrected chi connectivity index (χ2v) is 5.37. The van der Waals surface area contributed by atoms with Crippen molar-refractivity contribution in [1.82, 2.24) is 15.3 Å². The van der Waals surface area contributed by atoms with Gasteiger partial charge in [0.2, 0.25) is 0 Å². The van der Waals surface area contributed by atoms with Crippen LogP contribution in [0.4, 0.5) is 0 Å². The van der Waals surface area contributed by atoms with Gasteiger partial charge >= 0.3 is 0 Å². The van der Waals surface area contributed by atoms with Crippen molar-refractivity contribution in [1.29, 1.82) is 0 Å². The molecule has 0 saturated heterocycles. The number of hydrogen-bond donors (Lipinski definition) is 2. The maximum Gasteiger partial charge on any atom is 0.295 e. The van der Waals surface area contributed by atoms with Crippen LogP contribution in [0.25, 0.3) is 11.3 Å². The minimum Gasteiger partial charge on any atom is -0.288 e. The number of rotatable bonds is 4. The zero-order valence-corrected chi connectivity index (χ0v) is 12.7. The normalized spacial score (nSPS) is 10.5. The highest BCUT2D eigenvalue weighted by Gasteiger charge is 2.15. The maximum absolute atomic E-state index is 11.7. The summed E-state index contributed by atoms with van der Waals surface area (Å²) in [4.78, 5) is 11.7. The first kappa shape index (κ1) is 15.0. The molecular formula is C18H17N3O2. The van der Waals surface area contributed by atoms with E-state index in [1.807, 2.05) is 61.5 Å². The van der Waals surface area contributed by atoms with Gasteiger partial charge in [0.15, 0.2) is 5.69 Å². The van der Waals surface area contributed by atoms with Gasteiger partial charge in [-0.05, 0) is 24.6 Å². The van der Waals surface area contributed by atoms with Gasteiger partial charge in [0.05, 0.1) is 12.2 Å². The zero-order chi connectivity index (χ0) is 16.2. The summed E-state index contributed by atoms with van der Waals surface area (Å²) in [7, 11) is 0. The molecule has 0 radical (unpaired) electrons. The monoisotopic (exact) mass is 307 g/mol. The molecular weight excluding hydrogens is 290 g/mol. The number of hydrogen-bond acceptors (Lipinski definition) is 3. The first-order chi connectivity index (χ1) is 11.2. The van der Waals surface area contributed by atoms with Crippen LogP contribution in [0.5, 0.6) is 0 Å². The van der Waals surface area contributed by atoms with E-state index in [1.165, 1.54) is 0 Å². The van der Waals surface area contributed by atoms with E-state index in [2.05, 4.69) is 5.10 Å². The molecule has 0 aliphatic carbocycles. The van der Waals surface area contributed by atoms with Gasteiger partial charge in [-0.2, -0.15) is 5.10 Å². The molecule has 1 aromatic heterocycles. The Bertz CT molecular complexity index is 825. The molecule has 5 heteroatoms. The van der Waals surface area contributed by atoms with Crippen LogP contribution in [-0.4, -0.2) is 20.9 Å². The number of nitrogens with one attached hydrogen (secondary N) is 1. The Morgan fingerprint density at radius 3 is 2.61 bits per heavy atom. The molecule has 0 aliphatic heterocycles. The highest BCUT2D eigenvalue weighted by molar-refractivity contribution is 5.92. The average Bonchev–Trinajstić information content (AvgIpc) is 2.99. The average molecular weight is 307 g/mol. The number of hydroxylamine groups is 1. The lowest BCUT2D eigenvalue weighted by molar-refractivity contribution is 0.0700. The van der Waals surface area contributed by atoms with Crippen molar-refractivity contribution in [3.63, 3.8) is 0 Å². The van der Waals surface area contributed by atoms with E-state index in [0.717, 1.165) is 22.4 Å². The Labute approximate surface area is 134 Å². The van der Waals surface area contributed by atoms with Crippen LogP contribution < -0.4 is 5.48 Å². The van der Waals surface area contributed by atoms with E-state index < -0.39 is 5.91 Å². The van der Waals surface area contributed by atoms with Gasteiger partial charge in [0, 0.05) is 5.56 Å². The zero-order valence-electron chi connectivity index (χ0n) is 12.7. The van der Waals surface area contributed by atoms with Gasteiger partial charge in [-0.3, -0.25) is 14.7 Å². The van der Waals surface area contributed by atoms with Crippen molar-refractivity contribution in [2.45, 2.75) is 13.5 Å². The molecule has 2 aromatic carbocycles. The largest absolute Gasteiger partial charge is 0.295 e. The Hall–Kier alpha value is -2.92. The van der Waals surface area contributed by atoms with E-state index >= 15 is 0 Å². The number of amides is 1. The number of carbonyl (C=O) groups excluding carboxylic acids is 1. The molecule has 3 rings (SSSR count). The lowest BCUT2D eigenvalue weighted by Crippen LogP contribution is -2.19. The molecule has 0 bridgehead atoms. The minimum atomic E-state index is -0.620. The van der Waals surface area contributed by atoms with Crippen molar-refractivity contribution in [2.75, 3.05) is 0 Å². The van der Waals surface area contributed by atoms with Crippen molar-refractivity contribution in [3.8, 4) is 11.3 Å². The second-order valence-electron chi connectivity index (χ2n) is 5.37. The molecule has 23 heavy (non-hydrogen) atoms. The predicted octanol–water partition coefficient (Wildman–Crippen LogP) is 3.03. The number of benzene rings is 2. The smallest absolute Gasteiger partial charge is 0.288 e. The summed E-state index contributed by atoms with van der Waals surface area (Å²) in [5.74, 6) is -0.620. The second kappa shape index (κ2) is 6.46. The number of aromatic nitrogens is 2. The summed E-state index contributed by atoms with van der Waals surface area (Å²) >= 11 is 0. The molecule has 3 aromatic rings. The summed E-state index contributed by atoms with van der Waals surface area (Å²) in [5.41, 5.74) is 5.83. The molecule has 1 amide bonds. The van der Waals surface area contributed by atoms with Gasteiger partial charge in [-0.1, -0.05) is 54.1 Å². The topological polar surface area (TPSA) is 67.2 Å². The number of aryl methyl sites for hydroxylation is 1. The standard InChI is InChI=1S/C18H17N3O2/c1-13-6-5-9-15(10-13)17-11-16(18(22)20-23)19-21(17)12-14-7-3-2-4-8-14/h2-11,23H,12H2,1H3,(H,20,22). The van der Waals surface area contributed by atoms with E-state index in [9.17, 15) is 4.79 Å². The fraction of sp³-hybridized carbons (Fsp3) is 0.111. The Morgan fingerprint density at radius 2 is 1.91 bits per heavy atom. The lowest BCUT2D eigenvalue weighted by atomic mass is 10.1. The lowest BCUT2D eigenvalue weighted by Gasteiger charge is -2.08. The summed E-state index contributed by atoms with van der Waals surface area (Å²) in [6.07, 6.45) is 0. The number of nitrogens with zero attached hydrogens (tertiary/aromatic N) is 2. The third-order valence-electron chi connectivity index (χ3n) is 3.60. The molecule has 0 fully saturated rings. The van der Waals surface area contributed by atoms with E-state index in [0.29, 0.717) is 6.54 Å². The molecule has 0 aliphatic rings. The van der Waals surface area contributed by atoms with Gasteiger partial charge in [-0.15, -0.1) is 0 Å². The van der Waals surface area contributed by atoms with Crippen molar-refractivity contribution in [3.05, 3.63) is 77.5 Å². The first-order valence-corrected chi connectivity index (χ1v) is 7.30. The van der Waals surface area contributed by atoms with Crippen LogP contribution >= 0.6 is 0 Å². The molecule has 0 spiro atoms. The summed E-state index contributed by atoms with van der Waals surface area (Å²) in [5, 5.41) is 13.2. The minimum absolute atomic E-state index is 0.180. The van der Waals surface area contributed by atoms with E-state index in [1.54, 1.807) is 16.2 Å². The fourth-order valence-corrected chi connectivity index (χ4v) is 2.50. The Balaban J connectivity index is 2.05. The quantitative estimate of drug-likeness (QED) is 0.575. The molecule has 0 saturated carbocycles. The molecule has 2 N–H and O–H groups in total. The van der Waals surface area contributed by atoms with Crippen LogP contribution in [0.15, 0.2) is 60.7 Å². The Morgan fingerprint density at radius 1 is 1.13 bits per heavy atom. The predicted molar refractivity (Wildman–Crippen MR) is 87.2 cm³/mol. The third-order valence-corrected chi connectivity index (χ3v) is 3.60. The maximum atomic E-state index is 11.7. The Kier molecular flexibility index (Phi) is 4.21. The molecule has 116 valence electrons. The van der Waals surface area contributed by atoms with Crippen LogP contribution in [0, 0.1) is 6.92 Å². The highest BCUT2D eigenvalue weighted by Crippen LogP contribution is 2.22. The molecule has 0 atom stereocenters. The van der Waals surface area contributed by atoms with Gasteiger partial charge < -0.3 is 0 Å². The van der Waals surface area contributed by atoms with Crippen molar-refractivity contribution in [2.24, 2.45) is 0 Å². The number of carbonyl (C=O) groups is 1. The summed E-state index contributed by atoms with van der Waals surface area (Å²) < 4.78 is 1.77.